The van der Waals surface area contributed by atoms with Crippen molar-refractivity contribution < 1.29 is 8.95 Å². The average molecular weight is 255 g/mol. The number of ether oxygens (including phenoxy) is 1. The van der Waals surface area contributed by atoms with Crippen LogP contribution in [0.2, 0.25) is 0 Å². The smallest absolute Gasteiger partial charge is 0.118 e. The molecule has 0 radical (unpaired) electrons. The van der Waals surface area contributed by atoms with Gasteiger partial charge in [0.1, 0.15) is 5.75 Å². The summed E-state index contributed by atoms with van der Waals surface area (Å²) in [6.07, 6.45) is 0. The van der Waals surface area contributed by atoms with E-state index in [0.717, 1.165) is 11.3 Å². The predicted octanol–water partition coefficient (Wildman–Crippen LogP) is 2.81. The lowest BCUT2D eigenvalue weighted by atomic mass is 10.1. The second kappa shape index (κ2) is 5.65. The van der Waals surface area contributed by atoms with Gasteiger partial charge < -0.3 is 4.74 Å². The van der Waals surface area contributed by atoms with E-state index in [0.29, 0.717) is 0 Å². The highest BCUT2D eigenvalue weighted by molar-refractivity contribution is 7.84. The van der Waals surface area contributed by atoms with Crippen LogP contribution in [0.1, 0.15) is 39.3 Å². The van der Waals surface area contributed by atoms with Gasteiger partial charge in [-0.1, -0.05) is 12.1 Å². The second-order valence-corrected chi connectivity index (χ2v) is 6.99. The zero-order chi connectivity index (χ0) is 13.1. The Kier molecular flexibility index (Phi) is 4.71. The standard InChI is InChI=1S/C13H21NO2S/c1-10(14-17(15)13(2,3)4)11-6-8-12(16-5)9-7-11/h6-10,14H,1-5H3/t10-,17-/m1/s1. The molecule has 0 unspecified atom stereocenters. The molecule has 0 aliphatic rings. The van der Waals surface area contributed by atoms with Gasteiger partial charge in [-0.15, -0.1) is 0 Å². The van der Waals surface area contributed by atoms with Crippen molar-refractivity contribution in [3.63, 3.8) is 0 Å². The molecule has 3 nitrogen and oxygen atoms in total. The molecule has 0 fully saturated rings. The molecule has 17 heavy (non-hydrogen) atoms. The maximum Gasteiger partial charge on any atom is 0.118 e. The Balaban J connectivity index is 2.70. The van der Waals surface area contributed by atoms with Crippen molar-refractivity contribution in [2.45, 2.75) is 38.5 Å². The molecule has 0 aliphatic heterocycles. The first-order valence-electron chi connectivity index (χ1n) is 5.66. The van der Waals surface area contributed by atoms with Crippen LogP contribution in [0.3, 0.4) is 0 Å². The average Bonchev–Trinajstić information content (AvgIpc) is 2.27. The van der Waals surface area contributed by atoms with Gasteiger partial charge in [-0.2, -0.15) is 0 Å². The molecule has 0 saturated carbocycles. The van der Waals surface area contributed by atoms with E-state index in [1.54, 1.807) is 7.11 Å². The van der Waals surface area contributed by atoms with Gasteiger partial charge >= 0.3 is 0 Å². The highest BCUT2D eigenvalue weighted by atomic mass is 32.2. The molecule has 2 atom stereocenters. The van der Waals surface area contributed by atoms with Crippen LogP contribution in [0.15, 0.2) is 24.3 Å². The molecule has 0 aromatic heterocycles. The van der Waals surface area contributed by atoms with Gasteiger partial charge in [0.25, 0.3) is 0 Å². The summed E-state index contributed by atoms with van der Waals surface area (Å²) in [7, 11) is 0.588. The molecular formula is C13H21NO2S. The summed E-state index contributed by atoms with van der Waals surface area (Å²) in [6, 6.07) is 7.84. The summed E-state index contributed by atoms with van der Waals surface area (Å²) < 4.78 is 19.9. The van der Waals surface area contributed by atoms with Gasteiger partial charge in [0.05, 0.1) is 22.8 Å². The van der Waals surface area contributed by atoms with Crippen LogP contribution in [0.4, 0.5) is 0 Å². The minimum atomic E-state index is -1.06. The van der Waals surface area contributed by atoms with Gasteiger partial charge in [-0.05, 0) is 45.4 Å². The Bertz CT molecular complexity index is 381. The van der Waals surface area contributed by atoms with Gasteiger partial charge in [0.15, 0.2) is 0 Å². The molecule has 0 spiro atoms. The molecule has 0 heterocycles. The lowest BCUT2D eigenvalue weighted by Gasteiger charge is -2.22. The summed E-state index contributed by atoms with van der Waals surface area (Å²) in [6.45, 7) is 7.87. The van der Waals surface area contributed by atoms with Crippen molar-refractivity contribution in [2.75, 3.05) is 7.11 Å². The summed E-state index contributed by atoms with van der Waals surface area (Å²) >= 11 is 0. The number of hydrogen-bond acceptors (Lipinski definition) is 2. The molecule has 1 rings (SSSR count). The lowest BCUT2D eigenvalue weighted by Crippen LogP contribution is -2.34. The minimum absolute atomic E-state index is 0.0564. The highest BCUT2D eigenvalue weighted by Gasteiger charge is 2.21. The van der Waals surface area contributed by atoms with Gasteiger partial charge in [0.2, 0.25) is 0 Å². The van der Waals surface area contributed by atoms with Gasteiger partial charge in [-0.25, -0.2) is 8.93 Å². The third-order valence-corrected chi connectivity index (χ3v) is 4.14. The van der Waals surface area contributed by atoms with Crippen molar-refractivity contribution in [3.05, 3.63) is 29.8 Å². The van der Waals surface area contributed by atoms with E-state index in [2.05, 4.69) is 4.72 Å². The Morgan fingerprint density at radius 2 is 1.76 bits per heavy atom. The molecule has 1 N–H and O–H groups in total. The van der Waals surface area contributed by atoms with Crippen LogP contribution in [0, 0.1) is 0 Å². The van der Waals surface area contributed by atoms with Crippen LogP contribution in [-0.4, -0.2) is 16.1 Å². The number of hydrogen-bond donors (Lipinski definition) is 1. The van der Waals surface area contributed by atoms with Crippen LogP contribution in [0.5, 0.6) is 5.75 Å². The number of rotatable bonds is 4. The molecule has 0 bridgehead atoms. The molecule has 1 aromatic rings. The summed E-state index contributed by atoms with van der Waals surface area (Å²) in [5, 5.41) is 0. The fraction of sp³-hybridized carbons (Fsp3) is 0.538. The molecule has 0 amide bonds. The van der Waals surface area contributed by atoms with Crippen LogP contribution in [0.25, 0.3) is 0 Å². The largest absolute Gasteiger partial charge is 0.497 e. The Labute approximate surface area is 106 Å². The molecular weight excluding hydrogens is 234 g/mol. The minimum Gasteiger partial charge on any atom is -0.497 e. The van der Waals surface area contributed by atoms with E-state index >= 15 is 0 Å². The quantitative estimate of drug-likeness (QED) is 0.898. The molecule has 1 aromatic carbocycles. The summed E-state index contributed by atoms with van der Waals surface area (Å²) in [5.74, 6) is 0.831. The Morgan fingerprint density at radius 1 is 1.24 bits per heavy atom. The number of methoxy groups -OCH3 is 1. The topological polar surface area (TPSA) is 38.3 Å². The SMILES string of the molecule is COc1ccc([C@@H](C)N[S@](=O)C(C)(C)C)cc1. The van der Waals surface area contributed by atoms with Crippen LogP contribution < -0.4 is 9.46 Å². The number of benzene rings is 1. The van der Waals surface area contributed by atoms with Crippen molar-refractivity contribution >= 4 is 11.0 Å². The highest BCUT2D eigenvalue weighted by Crippen LogP contribution is 2.19. The monoisotopic (exact) mass is 255 g/mol. The van der Waals surface area contributed by atoms with Gasteiger partial charge in [-0.3, -0.25) is 0 Å². The Hall–Kier alpha value is -0.870. The van der Waals surface area contributed by atoms with Gasteiger partial charge in [0, 0.05) is 6.04 Å². The third-order valence-electron chi connectivity index (χ3n) is 2.46. The zero-order valence-electron chi connectivity index (χ0n) is 11.1. The fourth-order valence-corrected chi connectivity index (χ4v) is 2.11. The van der Waals surface area contributed by atoms with Crippen molar-refractivity contribution in [1.29, 1.82) is 0 Å². The lowest BCUT2D eigenvalue weighted by molar-refractivity contribution is 0.414. The van der Waals surface area contributed by atoms with Crippen LogP contribution in [-0.2, 0) is 11.0 Å². The molecule has 0 aliphatic carbocycles. The van der Waals surface area contributed by atoms with Crippen LogP contribution >= 0.6 is 0 Å². The summed E-state index contributed by atoms with van der Waals surface area (Å²) in [4.78, 5) is 0. The first kappa shape index (κ1) is 14.2. The maximum absolute atomic E-state index is 11.9. The van der Waals surface area contributed by atoms with E-state index in [1.165, 1.54) is 0 Å². The van der Waals surface area contributed by atoms with E-state index in [9.17, 15) is 4.21 Å². The normalized spacial score (nSPS) is 15.4. The number of nitrogens with one attached hydrogen (secondary N) is 1. The molecule has 96 valence electrons. The predicted molar refractivity (Wildman–Crippen MR) is 72.4 cm³/mol. The first-order valence-corrected chi connectivity index (χ1v) is 6.81. The molecule has 0 saturated heterocycles. The first-order chi connectivity index (χ1) is 7.84. The van der Waals surface area contributed by atoms with Crippen molar-refractivity contribution in [3.8, 4) is 5.75 Å². The summed E-state index contributed by atoms with van der Waals surface area (Å²) in [5.41, 5.74) is 1.10. The maximum atomic E-state index is 11.9. The van der Waals surface area contributed by atoms with Crippen molar-refractivity contribution in [2.24, 2.45) is 0 Å². The fourth-order valence-electron chi connectivity index (χ4n) is 1.30. The zero-order valence-corrected chi connectivity index (χ0v) is 11.9. The van der Waals surface area contributed by atoms with E-state index in [1.807, 2.05) is 52.0 Å². The van der Waals surface area contributed by atoms with E-state index < -0.39 is 11.0 Å². The third kappa shape index (κ3) is 4.13. The molecule has 4 heteroatoms. The Morgan fingerprint density at radius 3 is 2.18 bits per heavy atom. The van der Waals surface area contributed by atoms with Crippen molar-refractivity contribution in [1.82, 2.24) is 4.72 Å². The van der Waals surface area contributed by atoms with E-state index in [4.69, 9.17) is 4.74 Å². The van der Waals surface area contributed by atoms with E-state index in [-0.39, 0.29) is 10.8 Å². The second-order valence-electron chi connectivity index (χ2n) is 4.99.